The fourth-order valence-corrected chi connectivity index (χ4v) is 1.17. The summed E-state index contributed by atoms with van der Waals surface area (Å²) in [5.41, 5.74) is 6.35. The van der Waals surface area contributed by atoms with Crippen LogP contribution in [0, 0.1) is 13.0 Å². The molecule has 1 atom stereocenters. The van der Waals surface area contributed by atoms with E-state index in [9.17, 15) is 4.79 Å². The van der Waals surface area contributed by atoms with Crippen LogP contribution >= 0.6 is 0 Å². The van der Waals surface area contributed by atoms with E-state index in [1.54, 1.807) is 6.07 Å². The van der Waals surface area contributed by atoms with Gasteiger partial charge < -0.3 is 22.4 Å². The van der Waals surface area contributed by atoms with E-state index in [-0.39, 0.29) is 44.7 Å². The molecule has 0 bridgehead atoms. The predicted molar refractivity (Wildman–Crippen MR) is 56.6 cm³/mol. The van der Waals surface area contributed by atoms with Crippen molar-refractivity contribution in [3.05, 3.63) is 37.3 Å². The minimum Gasteiger partial charge on any atom is -0.360 e. The normalized spacial score (nSPS) is 11.3. The van der Waals surface area contributed by atoms with E-state index >= 15 is 0 Å². The number of hydrogen-bond acceptors (Lipinski definition) is 2. The Balaban J connectivity index is 0.00000196. The summed E-state index contributed by atoms with van der Waals surface area (Å²) in [6.45, 7) is 5.69. The fourth-order valence-electron chi connectivity index (χ4n) is 1.17. The van der Waals surface area contributed by atoms with Crippen LogP contribution in [0.2, 0.25) is 0 Å². The van der Waals surface area contributed by atoms with Crippen LogP contribution in [-0.4, -0.2) is 18.5 Å². The van der Waals surface area contributed by atoms with Crippen LogP contribution < -0.4 is 10.6 Å². The van der Waals surface area contributed by atoms with Crippen LogP contribution in [-0.2, 0) is 37.5 Å². The van der Waals surface area contributed by atoms with Gasteiger partial charge in [0.05, 0.1) is 5.91 Å². The number of carbonyl (C=O) groups is 1. The summed E-state index contributed by atoms with van der Waals surface area (Å²) >= 11 is 0. The van der Waals surface area contributed by atoms with Crippen molar-refractivity contribution in [1.82, 2.24) is 0 Å². The predicted octanol–water partition coefficient (Wildman–Crippen LogP) is 0.999. The molecule has 1 aromatic carbocycles. The van der Waals surface area contributed by atoms with Crippen LogP contribution in [0.4, 0.5) is 5.69 Å². The second-order valence-corrected chi connectivity index (χ2v) is 3.23. The molecular weight excluding hydrogens is 265 g/mol. The zero-order chi connectivity index (χ0) is 10.6. The van der Waals surface area contributed by atoms with Crippen molar-refractivity contribution in [2.24, 2.45) is 5.73 Å². The first-order chi connectivity index (χ1) is 6.61. The Bertz CT molecular complexity index is 301. The number of rotatable bonds is 3. The van der Waals surface area contributed by atoms with Crippen LogP contribution in [0.5, 0.6) is 0 Å². The molecule has 1 radical (unpaired) electrons. The summed E-state index contributed by atoms with van der Waals surface area (Å²) in [6, 6.07) is 10.2. The number of carbonyl (C=O) groups excluding carboxylic acids is 1. The maximum Gasteiger partial charge on any atom is 0.0849 e. The molecule has 0 aromatic heterocycles. The van der Waals surface area contributed by atoms with Crippen molar-refractivity contribution in [1.29, 1.82) is 0 Å². The van der Waals surface area contributed by atoms with Crippen molar-refractivity contribution < 1.29 is 37.5 Å². The third-order valence-corrected chi connectivity index (χ3v) is 1.76. The molecule has 0 fully saturated rings. The van der Waals surface area contributed by atoms with E-state index in [2.05, 4.69) is 13.0 Å². The molecule has 0 heterocycles. The van der Waals surface area contributed by atoms with E-state index in [1.165, 1.54) is 4.90 Å². The number of amides is 1. The Morgan fingerprint density at radius 2 is 2.33 bits per heavy atom. The average molecular weight is 279 g/mol. The van der Waals surface area contributed by atoms with Crippen LogP contribution in [0.3, 0.4) is 0 Å². The van der Waals surface area contributed by atoms with E-state index < -0.39 is 0 Å². The molecule has 1 unspecified atom stereocenters. The standard InChI is InChI=1S/C11H14N2O.Y/c1-9(12)8-13(10(2)14)11-6-4-3-5-7-11;/h3-6,9H,2,8,12H2,1H3;/q-2;. The first-order valence-electron chi connectivity index (χ1n) is 4.47. The third kappa shape index (κ3) is 4.78. The molecule has 0 aliphatic carbocycles. The van der Waals surface area contributed by atoms with Gasteiger partial charge in [0.1, 0.15) is 0 Å². The number of nitrogens with two attached hydrogens (primary N) is 1. The second kappa shape index (κ2) is 6.99. The summed E-state index contributed by atoms with van der Waals surface area (Å²) in [5.74, 6) is -0.259. The summed E-state index contributed by atoms with van der Waals surface area (Å²) in [6.07, 6.45) is 0. The van der Waals surface area contributed by atoms with E-state index in [0.717, 1.165) is 0 Å². The topological polar surface area (TPSA) is 46.3 Å². The monoisotopic (exact) mass is 279 g/mol. The van der Waals surface area contributed by atoms with E-state index in [0.29, 0.717) is 12.2 Å². The molecule has 0 saturated carbocycles. The summed E-state index contributed by atoms with van der Waals surface area (Å²) < 4.78 is 0. The van der Waals surface area contributed by atoms with Gasteiger partial charge in [0.25, 0.3) is 0 Å². The van der Waals surface area contributed by atoms with Gasteiger partial charge in [0, 0.05) is 45.3 Å². The Morgan fingerprint density at radius 3 is 2.73 bits per heavy atom. The van der Waals surface area contributed by atoms with Gasteiger partial charge in [-0.3, -0.25) is 0 Å². The zero-order valence-electron chi connectivity index (χ0n) is 8.81. The maximum atomic E-state index is 11.2. The average Bonchev–Trinajstić information content (AvgIpc) is 2.15. The third-order valence-electron chi connectivity index (χ3n) is 1.76. The minimum atomic E-state index is -0.259. The molecule has 0 aliphatic heterocycles. The van der Waals surface area contributed by atoms with Gasteiger partial charge in [-0.25, -0.2) is 0 Å². The maximum absolute atomic E-state index is 11.2. The minimum absolute atomic E-state index is 0. The van der Waals surface area contributed by atoms with Gasteiger partial charge in [-0.2, -0.15) is 24.3 Å². The first kappa shape index (κ1) is 14.6. The molecular formula is C11H14N2OY-2. The van der Waals surface area contributed by atoms with Gasteiger partial charge in [-0.05, 0) is 6.92 Å². The number of para-hydroxylation sites is 1. The molecule has 2 N–H and O–H groups in total. The van der Waals surface area contributed by atoms with Gasteiger partial charge in [0.2, 0.25) is 0 Å². The summed E-state index contributed by atoms with van der Waals surface area (Å²) in [7, 11) is 0. The van der Waals surface area contributed by atoms with Crippen LogP contribution in [0.1, 0.15) is 6.92 Å². The van der Waals surface area contributed by atoms with Crippen molar-refractivity contribution in [2.45, 2.75) is 13.0 Å². The number of benzene rings is 1. The molecule has 1 aromatic rings. The molecule has 1 rings (SSSR count). The smallest absolute Gasteiger partial charge is 0.0849 e. The van der Waals surface area contributed by atoms with Crippen LogP contribution in [0.25, 0.3) is 0 Å². The summed E-state index contributed by atoms with van der Waals surface area (Å²) in [5, 5.41) is 0. The zero-order valence-corrected chi connectivity index (χ0v) is 11.6. The summed E-state index contributed by atoms with van der Waals surface area (Å²) in [4.78, 5) is 12.7. The van der Waals surface area contributed by atoms with Crippen molar-refractivity contribution in [3.63, 3.8) is 0 Å². The number of hydrogen-bond donors (Lipinski definition) is 1. The molecule has 0 spiro atoms. The quantitative estimate of drug-likeness (QED) is 0.839. The molecule has 79 valence electrons. The van der Waals surface area contributed by atoms with Gasteiger partial charge in [-0.1, -0.05) is 5.69 Å². The Labute approximate surface area is 116 Å². The van der Waals surface area contributed by atoms with Crippen molar-refractivity contribution in [2.75, 3.05) is 11.4 Å². The van der Waals surface area contributed by atoms with Gasteiger partial charge in [0.15, 0.2) is 0 Å². The fraction of sp³-hybridized carbons (Fsp3) is 0.273. The van der Waals surface area contributed by atoms with Gasteiger partial charge in [-0.15, -0.1) is 6.07 Å². The molecule has 0 aliphatic rings. The second-order valence-electron chi connectivity index (χ2n) is 3.23. The number of anilines is 1. The molecule has 15 heavy (non-hydrogen) atoms. The molecule has 4 heteroatoms. The Hall–Kier alpha value is -0.376. The van der Waals surface area contributed by atoms with E-state index in [4.69, 9.17) is 5.73 Å². The van der Waals surface area contributed by atoms with Crippen molar-refractivity contribution >= 4 is 11.6 Å². The van der Waals surface area contributed by atoms with E-state index in [1.807, 2.05) is 25.1 Å². The van der Waals surface area contributed by atoms with Gasteiger partial charge >= 0.3 is 0 Å². The molecule has 3 nitrogen and oxygen atoms in total. The first-order valence-corrected chi connectivity index (χ1v) is 4.47. The largest absolute Gasteiger partial charge is 0.360 e. The van der Waals surface area contributed by atoms with Crippen LogP contribution in [0.15, 0.2) is 24.3 Å². The Morgan fingerprint density at radius 1 is 1.67 bits per heavy atom. The molecule has 1 amide bonds. The SMILES string of the molecule is [CH2-]C(=O)N(CC(C)N)c1[c-]cccc1.[Y]. The van der Waals surface area contributed by atoms with Crippen molar-refractivity contribution in [3.8, 4) is 0 Å². The number of nitrogens with zero attached hydrogens (tertiary/aromatic N) is 1. The molecule has 0 saturated heterocycles. The Kier molecular flexibility index (Phi) is 6.81.